The number of allylic oxidation sites excluding steroid dienone is 3. The van der Waals surface area contributed by atoms with E-state index in [-0.39, 0.29) is 12.5 Å². The molecule has 0 rings (SSSR count). The van der Waals surface area contributed by atoms with Gasteiger partial charge in [-0.2, -0.15) is 0 Å². The third-order valence-corrected chi connectivity index (χ3v) is 1.11. The molecule has 0 aliphatic heterocycles. The Kier molecular flexibility index (Phi) is 6.49. The van der Waals surface area contributed by atoms with Gasteiger partial charge in [-0.15, -0.1) is 0 Å². The van der Waals surface area contributed by atoms with Gasteiger partial charge in [-0.3, -0.25) is 10.1 Å². The predicted octanol–water partition coefficient (Wildman–Crippen LogP) is 1.24. The molecule has 4 nitrogen and oxygen atoms in total. The Morgan fingerprint density at radius 2 is 2.38 bits per heavy atom. The first-order valence-corrected chi connectivity index (χ1v) is 3.74. The van der Waals surface area contributed by atoms with Gasteiger partial charge in [-0.05, 0) is 12.2 Å². The van der Waals surface area contributed by atoms with E-state index in [1.54, 1.807) is 18.2 Å². The molecule has 13 heavy (non-hydrogen) atoms. The molecule has 1 amide bonds. The second-order valence-corrected chi connectivity index (χ2v) is 2.23. The van der Waals surface area contributed by atoms with E-state index in [1.807, 2.05) is 0 Å². The van der Waals surface area contributed by atoms with E-state index in [0.717, 1.165) is 0 Å². The molecule has 0 saturated carbocycles. The van der Waals surface area contributed by atoms with Gasteiger partial charge in [-0.1, -0.05) is 18.7 Å². The topological polar surface area (TPSA) is 58.6 Å². The average Bonchev–Trinajstić information content (AvgIpc) is 2.09. The fraction of sp³-hybridized carbons (Fsp3) is 0.222. The van der Waals surface area contributed by atoms with Crippen molar-refractivity contribution < 1.29 is 14.9 Å². The van der Waals surface area contributed by atoms with Crippen molar-refractivity contribution in [1.29, 1.82) is 0 Å². The van der Waals surface area contributed by atoms with Gasteiger partial charge >= 0.3 is 0 Å². The lowest BCUT2D eigenvalue weighted by atomic mass is 10.3. The predicted molar refractivity (Wildman–Crippen MR) is 49.8 cm³/mol. The van der Waals surface area contributed by atoms with E-state index in [0.29, 0.717) is 5.70 Å². The monoisotopic (exact) mass is 183 g/mol. The van der Waals surface area contributed by atoms with Crippen molar-refractivity contribution in [2.24, 2.45) is 0 Å². The van der Waals surface area contributed by atoms with Crippen LogP contribution in [-0.2, 0) is 9.68 Å². The van der Waals surface area contributed by atoms with Gasteiger partial charge in [0, 0.05) is 12.6 Å². The van der Waals surface area contributed by atoms with Gasteiger partial charge in [0.2, 0.25) is 5.91 Å². The maximum Gasteiger partial charge on any atom is 0.221 e. The molecule has 0 fully saturated rings. The fourth-order valence-electron chi connectivity index (χ4n) is 0.663. The van der Waals surface area contributed by atoms with Crippen LogP contribution in [0.25, 0.3) is 0 Å². The standard InChI is InChI=1S/C9H13NO3/c1-3-4-5-9(6-7-13-12)10-8(2)11/h3-6,12H,1,7H2,2H3,(H,10,11)/b5-4-,9-6+. The lowest BCUT2D eigenvalue weighted by molar-refractivity contribution is -0.232. The number of amides is 1. The molecule has 72 valence electrons. The van der Waals surface area contributed by atoms with Crippen LogP contribution in [0.1, 0.15) is 6.92 Å². The number of hydrogen-bond acceptors (Lipinski definition) is 3. The number of hydrogen-bond donors (Lipinski definition) is 2. The summed E-state index contributed by atoms with van der Waals surface area (Å²) in [5, 5.41) is 10.6. The van der Waals surface area contributed by atoms with Crippen LogP contribution in [0.5, 0.6) is 0 Å². The smallest absolute Gasteiger partial charge is 0.221 e. The maximum atomic E-state index is 10.7. The first-order chi connectivity index (χ1) is 6.20. The minimum atomic E-state index is -0.182. The molecule has 2 N–H and O–H groups in total. The summed E-state index contributed by atoms with van der Waals surface area (Å²) in [6.45, 7) is 4.91. The molecule has 0 aromatic heterocycles. The molecule has 4 heteroatoms. The van der Waals surface area contributed by atoms with Crippen molar-refractivity contribution in [3.8, 4) is 0 Å². The Balaban J connectivity index is 4.25. The molecule has 0 aliphatic rings. The van der Waals surface area contributed by atoms with Gasteiger partial charge in [-0.25, -0.2) is 4.89 Å². The Labute approximate surface area is 77.1 Å². The highest BCUT2D eigenvalue weighted by atomic mass is 17.1. The fourth-order valence-corrected chi connectivity index (χ4v) is 0.663. The molecule has 0 saturated heterocycles. The van der Waals surface area contributed by atoms with Crippen LogP contribution in [0.4, 0.5) is 0 Å². The van der Waals surface area contributed by atoms with Crippen molar-refractivity contribution >= 4 is 5.91 Å². The van der Waals surface area contributed by atoms with Crippen LogP contribution in [0.2, 0.25) is 0 Å². The molecule has 0 heterocycles. The number of rotatable bonds is 5. The highest BCUT2D eigenvalue weighted by Gasteiger charge is 1.93. The van der Waals surface area contributed by atoms with Crippen molar-refractivity contribution in [2.75, 3.05) is 6.61 Å². The minimum absolute atomic E-state index is 0.0249. The van der Waals surface area contributed by atoms with Crippen LogP contribution in [0.15, 0.2) is 36.6 Å². The second-order valence-electron chi connectivity index (χ2n) is 2.23. The molecule has 0 unspecified atom stereocenters. The summed E-state index contributed by atoms with van der Waals surface area (Å²) in [6, 6.07) is 0. The van der Waals surface area contributed by atoms with E-state index in [1.165, 1.54) is 13.0 Å². The van der Waals surface area contributed by atoms with E-state index in [2.05, 4.69) is 16.8 Å². The zero-order valence-corrected chi connectivity index (χ0v) is 7.49. The zero-order valence-electron chi connectivity index (χ0n) is 7.49. The SMILES string of the molecule is C=C/C=C\C(=C/COO)NC(C)=O. The first-order valence-electron chi connectivity index (χ1n) is 3.74. The van der Waals surface area contributed by atoms with Gasteiger partial charge in [0.1, 0.15) is 6.61 Å². The van der Waals surface area contributed by atoms with Crippen LogP contribution in [0.3, 0.4) is 0 Å². The molecule has 0 aromatic carbocycles. The maximum absolute atomic E-state index is 10.7. The average molecular weight is 183 g/mol. The Bertz CT molecular complexity index is 231. The highest BCUT2D eigenvalue weighted by Crippen LogP contribution is 1.92. The van der Waals surface area contributed by atoms with Gasteiger partial charge < -0.3 is 5.32 Å². The lowest BCUT2D eigenvalue weighted by Crippen LogP contribution is -2.18. The van der Waals surface area contributed by atoms with Crippen LogP contribution >= 0.6 is 0 Å². The third-order valence-electron chi connectivity index (χ3n) is 1.11. The summed E-state index contributed by atoms with van der Waals surface area (Å²) >= 11 is 0. The van der Waals surface area contributed by atoms with Gasteiger partial charge in [0.05, 0.1) is 0 Å². The summed E-state index contributed by atoms with van der Waals surface area (Å²) < 4.78 is 0. The lowest BCUT2D eigenvalue weighted by Gasteiger charge is -2.01. The van der Waals surface area contributed by atoms with E-state index in [4.69, 9.17) is 5.26 Å². The minimum Gasteiger partial charge on any atom is -0.327 e. The molecule has 0 atom stereocenters. The molecular formula is C9H13NO3. The molecular weight excluding hydrogens is 170 g/mol. The van der Waals surface area contributed by atoms with Crippen molar-refractivity contribution in [3.05, 3.63) is 36.6 Å². The largest absolute Gasteiger partial charge is 0.327 e. The number of nitrogens with one attached hydrogen (secondary N) is 1. The Morgan fingerprint density at radius 1 is 1.69 bits per heavy atom. The Morgan fingerprint density at radius 3 is 2.85 bits per heavy atom. The normalized spacial score (nSPS) is 11.7. The van der Waals surface area contributed by atoms with Crippen molar-refractivity contribution in [2.45, 2.75) is 6.92 Å². The first kappa shape index (κ1) is 11.6. The molecule has 0 radical (unpaired) electrons. The summed E-state index contributed by atoms with van der Waals surface area (Å²) in [6.07, 6.45) is 6.42. The second kappa shape index (κ2) is 7.27. The molecule has 0 bridgehead atoms. The molecule has 0 aliphatic carbocycles. The Hall–Kier alpha value is -1.39. The van der Waals surface area contributed by atoms with Crippen LogP contribution < -0.4 is 5.32 Å². The van der Waals surface area contributed by atoms with Crippen LogP contribution in [-0.4, -0.2) is 17.8 Å². The summed E-state index contributed by atoms with van der Waals surface area (Å²) in [4.78, 5) is 14.5. The van der Waals surface area contributed by atoms with E-state index in [9.17, 15) is 4.79 Å². The third kappa shape index (κ3) is 6.99. The van der Waals surface area contributed by atoms with Gasteiger partial charge in [0.15, 0.2) is 0 Å². The number of carbonyl (C=O) groups excluding carboxylic acids is 1. The summed E-state index contributed by atoms with van der Waals surface area (Å²) in [5.41, 5.74) is 0.557. The quantitative estimate of drug-likeness (QED) is 0.383. The van der Waals surface area contributed by atoms with Crippen molar-refractivity contribution in [3.63, 3.8) is 0 Å². The molecule has 0 aromatic rings. The summed E-state index contributed by atoms with van der Waals surface area (Å²) in [5.74, 6) is -0.182. The zero-order chi connectivity index (χ0) is 10.1. The van der Waals surface area contributed by atoms with Gasteiger partial charge in [0.25, 0.3) is 0 Å². The number of carbonyl (C=O) groups is 1. The van der Waals surface area contributed by atoms with E-state index < -0.39 is 0 Å². The molecule has 0 spiro atoms. The van der Waals surface area contributed by atoms with Crippen LogP contribution in [0, 0.1) is 0 Å². The highest BCUT2D eigenvalue weighted by molar-refractivity contribution is 5.75. The van der Waals surface area contributed by atoms with Crippen molar-refractivity contribution in [1.82, 2.24) is 5.32 Å². The summed E-state index contributed by atoms with van der Waals surface area (Å²) in [7, 11) is 0. The van der Waals surface area contributed by atoms with E-state index >= 15 is 0 Å².